The SMILES string of the molecule is [CH2]CCCn1c(C)nc2cnc3ccccc3c21. The molecule has 0 amide bonds. The van der Waals surface area contributed by atoms with Crippen molar-refractivity contribution in [2.24, 2.45) is 0 Å². The molecule has 18 heavy (non-hydrogen) atoms. The molecule has 2 heterocycles. The van der Waals surface area contributed by atoms with E-state index < -0.39 is 0 Å². The van der Waals surface area contributed by atoms with Gasteiger partial charge in [0, 0.05) is 11.9 Å². The number of benzene rings is 1. The molecule has 0 bridgehead atoms. The maximum atomic E-state index is 4.60. The van der Waals surface area contributed by atoms with Gasteiger partial charge in [-0.1, -0.05) is 31.5 Å². The maximum Gasteiger partial charge on any atom is 0.108 e. The highest BCUT2D eigenvalue weighted by Gasteiger charge is 2.10. The Bertz CT molecular complexity index is 697. The number of fused-ring (bicyclic) bond motifs is 3. The van der Waals surface area contributed by atoms with Crippen molar-refractivity contribution in [1.82, 2.24) is 14.5 Å². The fourth-order valence-corrected chi connectivity index (χ4v) is 2.42. The summed E-state index contributed by atoms with van der Waals surface area (Å²) in [5.74, 6) is 1.05. The predicted octanol–water partition coefficient (Wildman–Crippen LogP) is 3.51. The van der Waals surface area contributed by atoms with Gasteiger partial charge in [0.1, 0.15) is 11.3 Å². The molecule has 91 valence electrons. The van der Waals surface area contributed by atoms with E-state index in [-0.39, 0.29) is 0 Å². The molecular formula is C15H16N3. The molecule has 0 saturated heterocycles. The van der Waals surface area contributed by atoms with Crippen molar-refractivity contribution in [2.45, 2.75) is 26.3 Å². The number of nitrogens with zero attached hydrogens (tertiary/aromatic N) is 3. The van der Waals surface area contributed by atoms with Crippen LogP contribution in [-0.4, -0.2) is 14.5 Å². The number of hydrogen-bond acceptors (Lipinski definition) is 2. The summed E-state index contributed by atoms with van der Waals surface area (Å²) in [6, 6.07) is 8.23. The minimum absolute atomic E-state index is 0.947. The number of para-hydroxylation sites is 1. The quantitative estimate of drug-likeness (QED) is 0.699. The summed E-state index contributed by atoms with van der Waals surface area (Å²) in [6.07, 6.45) is 3.89. The van der Waals surface area contributed by atoms with Crippen molar-refractivity contribution in [1.29, 1.82) is 0 Å². The first kappa shape index (κ1) is 11.2. The monoisotopic (exact) mass is 238 g/mol. The second-order valence-corrected chi connectivity index (χ2v) is 4.53. The second-order valence-electron chi connectivity index (χ2n) is 4.53. The average molecular weight is 238 g/mol. The Morgan fingerprint density at radius 3 is 2.89 bits per heavy atom. The first-order chi connectivity index (χ1) is 8.81. The summed E-state index contributed by atoms with van der Waals surface area (Å²) in [5, 5.41) is 1.18. The molecule has 2 aromatic heterocycles. The van der Waals surface area contributed by atoms with Crippen molar-refractivity contribution in [3.8, 4) is 0 Å². The normalized spacial score (nSPS) is 11.4. The molecule has 0 unspecified atom stereocenters. The van der Waals surface area contributed by atoms with E-state index >= 15 is 0 Å². The highest BCUT2D eigenvalue weighted by Crippen LogP contribution is 2.24. The molecule has 3 rings (SSSR count). The summed E-state index contributed by atoms with van der Waals surface area (Å²) in [5.41, 5.74) is 3.21. The lowest BCUT2D eigenvalue weighted by Crippen LogP contribution is -2.00. The highest BCUT2D eigenvalue weighted by molar-refractivity contribution is 6.02. The summed E-state index contributed by atoms with van der Waals surface area (Å²) in [6.45, 7) is 6.94. The van der Waals surface area contributed by atoms with Crippen molar-refractivity contribution >= 4 is 21.9 Å². The van der Waals surface area contributed by atoms with E-state index in [0.29, 0.717) is 0 Å². The Morgan fingerprint density at radius 2 is 2.06 bits per heavy atom. The van der Waals surface area contributed by atoms with Crippen LogP contribution in [0.15, 0.2) is 30.5 Å². The summed E-state index contributed by atoms with van der Waals surface area (Å²) >= 11 is 0. The van der Waals surface area contributed by atoms with Gasteiger partial charge in [0.25, 0.3) is 0 Å². The van der Waals surface area contributed by atoms with Gasteiger partial charge < -0.3 is 4.57 Å². The van der Waals surface area contributed by atoms with Crippen LogP contribution in [0.4, 0.5) is 0 Å². The van der Waals surface area contributed by atoms with Crippen LogP contribution >= 0.6 is 0 Å². The van der Waals surface area contributed by atoms with E-state index in [9.17, 15) is 0 Å². The highest BCUT2D eigenvalue weighted by atomic mass is 15.1. The number of aromatic nitrogens is 3. The van der Waals surface area contributed by atoms with Gasteiger partial charge in [-0.05, 0) is 19.4 Å². The fraction of sp³-hybridized carbons (Fsp3) is 0.267. The van der Waals surface area contributed by atoms with Gasteiger partial charge in [-0.25, -0.2) is 4.98 Å². The molecule has 0 saturated carbocycles. The number of hydrogen-bond donors (Lipinski definition) is 0. The topological polar surface area (TPSA) is 30.7 Å². The van der Waals surface area contributed by atoms with Crippen LogP contribution < -0.4 is 0 Å². The number of pyridine rings is 1. The Kier molecular flexibility index (Phi) is 2.74. The smallest absolute Gasteiger partial charge is 0.108 e. The molecule has 0 aliphatic heterocycles. The zero-order valence-electron chi connectivity index (χ0n) is 10.6. The molecule has 0 aliphatic carbocycles. The van der Waals surface area contributed by atoms with Crippen LogP contribution in [0.1, 0.15) is 18.7 Å². The molecule has 3 aromatic rings. The summed E-state index contributed by atoms with van der Waals surface area (Å²) in [4.78, 5) is 9.05. The minimum atomic E-state index is 0.947. The van der Waals surface area contributed by atoms with E-state index in [1.54, 1.807) is 0 Å². The average Bonchev–Trinajstić information content (AvgIpc) is 2.72. The lowest BCUT2D eigenvalue weighted by Gasteiger charge is -2.07. The van der Waals surface area contributed by atoms with Crippen molar-refractivity contribution < 1.29 is 0 Å². The molecule has 3 nitrogen and oxygen atoms in total. The molecule has 0 atom stereocenters. The van der Waals surface area contributed by atoms with Crippen LogP contribution in [0.5, 0.6) is 0 Å². The summed E-state index contributed by atoms with van der Waals surface area (Å²) < 4.78 is 2.28. The Morgan fingerprint density at radius 1 is 1.22 bits per heavy atom. The third-order valence-electron chi connectivity index (χ3n) is 3.30. The van der Waals surface area contributed by atoms with Crippen LogP contribution in [0.3, 0.4) is 0 Å². The third-order valence-corrected chi connectivity index (χ3v) is 3.30. The van der Waals surface area contributed by atoms with Crippen LogP contribution in [0.25, 0.3) is 21.9 Å². The number of rotatable bonds is 3. The molecule has 0 spiro atoms. The number of imidazole rings is 1. The predicted molar refractivity (Wildman–Crippen MR) is 74.4 cm³/mol. The van der Waals surface area contributed by atoms with E-state index in [1.807, 2.05) is 18.3 Å². The molecule has 0 aliphatic rings. The molecule has 0 fully saturated rings. The van der Waals surface area contributed by atoms with E-state index in [0.717, 1.165) is 36.2 Å². The van der Waals surface area contributed by atoms with Gasteiger partial charge in [-0.3, -0.25) is 4.98 Å². The second kappa shape index (κ2) is 4.41. The van der Waals surface area contributed by atoms with Gasteiger partial charge >= 0.3 is 0 Å². The molecule has 1 aromatic carbocycles. The van der Waals surface area contributed by atoms with Crippen molar-refractivity contribution in [3.63, 3.8) is 0 Å². The largest absolute Gasteiger partial charge is 0.328 e. The Balaban J connectivity index is 2.32. The zero-order valence-corrected chi connectivity index (χ0v) is 10.6. The first-order valence-corrected chi connectivity index (χ1v) is 6.31. The van der Waals surface area contributed by atoms with E-state index in [1.165, 1.54) is 10.9 Å². The van der Waals surface area contributed by atoms with Crippen LogP contribution in [0.2, 0.25) is 0 Å². The molecule has 1 radical (unpaired) electrons. The van der Waals surface area contributed by atoms with Crippen molar-refractivity contribution in [3.05, 3.63) is 43.2 Å². The standard InChI is InChI=1S/C15H16N3/c1-3-4-9-18-11(2)17-14-10-16-13-8-6-5-7-12(13)15(14)18/h5-8,10H,1,3-4,9H2,2H3. The maximum absolute atomic E-state index is 4.60. The van der Waals surface area contributed by atoms with E-state index in [4.69, 9.17) is 0 Å². The zero-order chi connectivity index (χ0) is 12.5. The fourth-order valence-electron chi connectivity index (χ4n) is 2.42. The lowest BCUT2D eigenvalue weighted by molar-refractivity contribution is 0.648. The summed E-state index contributed by atoms with van der Waals surface area (Å²) in [7, 11) is 0. The lowest BCUT2D eigenvalue weighted by atomic mass is 10.2. The molecule has 0 N–H and O–H groups in total. The van der Waals surface area contributed by atoms with Crippen LogP contribution in [0, 0.1) is 13.8 Å². The third kappa shape index (κ3) is 1.67. The first-order valence-electron chi connectivity index (χ1n) is 6.31. The minimum Gasteiger partial charge on any atom is -0.328 e. The van der Waals surface area contributed by atoms with Gasteiger partial charge in [-0.2, -0.15) is 0 Å². The van der Waals surface area contributed by atoms with Gasteiger partial charge in [-0.15, -0.1) is 0 Å². The molecular weight excluding hydrogens is 222 g/mol. The van der Waals surface area contributed by atoms with Gasteiger partial charge in [0.05, 0.1) is 17.2 Å². The number of unbranched alkanes of at least 4 members (excludes halogenated alkanes) is 1. The van der Waals surface area contributed by atoms with Gasteiger partial charge in [0.15, 0.2) is 0 Å². The van der Waals surface area contributed by atoms with Crippen molar-refractivity contribution in [2.75, 3.05) is 0 Å². The van der Waals surface area contributed by atoms with Gasteiger partial charge in [0.2, 0.25) is 0 Å². The Hall–Kier alpha value is -1.90. The molecule has 3 heteroatoms. The Labute approximate surface area is 106 Å². The van der Waals surface area contributed by atoms with Crippen LogP contribution in [-0.2, 0) is 6.54 Å². The number of aryl methyl sites for hydroxylation is 2. The van der Waals surface area contributed by atoms with E-state index in [2.05, 4.69) is 40.5 Å².